The van der Waals surface area contributed by atoms with Crippen LogP contribution in [0.1, 0.15) is 0 Å². The zero-order valence-electron chi connectivity index (χ0n) is 9.89. The molecule has 0 amide bonds. The molecule has 0 aromatic carbocycles. The molecule has 0 bridgehead atoms. The highest BCUT2D eigenvalue weighted by molar-refractivity contribution is 7.47. The van der Waals surface area contributed by atoms with Gasteiger partial charge in [0.15, 0.2) is 0 Å². The number of phosphoric ester groups is 1. The van der Waals surface area contributed by atoms with Crippen LogP contribution in [0.15, 0.2) is 0 Å². The van der Waals surface area contributed by atoms with Crippen molar-refractivity contribution in [3.8, 4) is 0 Å². The van der Waals surface area contributed by atoms with Crippen molar-refractivity contribution in [2.75, 3.05) is 54.5 Å². The van der Waals surface area contributed by atoms with E-state index >= 15 is 0 Å². The first-order chi connectivity index (χ1) is 6.77. The van der Waals surface area contributed by atoms with Gasteiger partial charge in [-0.25, -0.2) is 4.57 Å². The van der Waals surface area contributed by atoms with Gasteiger partial charge in [0.05, 0.1) is 27.7 Å². The molecule has 92 valence electrons. The van der Waals surface area contributed by atoms with Gasteiger partial charge in [-0.2, -0.15) is 0 Å². The summed E-state index contributed by atoms with van der Waals surface area (Å²) in [6.45, 7) is 1.54. The van der Waals surface area contributed by atoms with Crippen molar-refractivity contribution in [1.82, 2.24) is 5.32 Å². The van der Waals surface area contributed by atoms with Crippen LogP contribution in [0, 0.1) is 0 Å². The third-order valence-electron chi connectivity index (χ3n) is 1.62. The number of nitrogens with zero attached hydrogens (tertiary/aromatic N) is 1. The smallest absolute Gasteiger partial charge is 0.329 e. The molecule has 1 atom stereocenters. The van der Waals surface area contributed by atoms with E-state index in [9.17, 15) is 9.46 Å². The average Bonchev–Trinajstić information content (AvgIpc) is 2.01. The summed E-state index contributed by atoms with van der Waals surface area (Å²) in [5.41, 5.74) is 0. The molecule has 0 aliphatic rings. The monoisotopic (exact) mass is 241 g/mol. The van der Waals surface area contributed by atoms with Crippen LogP contribution >= 0.6 is 7.82 Å². The molecule has 0 rings (SSSR count). The van der Waals surface area contributed by atoms with Crippen molar-refractivity contribution in [2.45, 2.75) is 0 Å². The molecular formula is C8H22N2O4P+. The van der Waals surface area contributed by atoms with E-state index in [1.54, 1.807) is 7.05 Å². The number of nitrogens with one attached hydrogen (secondary N) is 1. The Balaban J connectivity index is 3.69. The number of likely N-dealkylation sites (N-methyl/N-ethyl adjacent to an activating group) is 2. The molecule has 0 radical (unpaired) electrons. The van der Waals surface area contributed by atoms with Gasteiger partial charge in [0.2, 0.25) is 0 Å². The predicted molar refractivity (Wildman–Crippen MR) is 58.6 cm³/mol. The van der Waals surface area contributed by atoms with Crippen molar-refractivity contribution in [3.05, 3.63) is 0 Å². The van der Waals surface area contributed by atoms with E-state index in [0.29, 0.717) is 17.6 Å². The molecule has 15 heavy (non-hydrogen) atoms. The fraction of sp³-hybridized carbons (Fsp3) is 1.00. The molecule has 0 aliphatic heterocycles. The molecule has 0 aromatic rings. The Kier molecular flexibility index (Phi) is 6.59. The zero-order valence-corrected chi connectivity index (χ0v) is 10.8. The van der Waals surface area contributed by atoms with Crippen molar-refractivity contribution in [2.24, 2.45) is 0 Å². The number of rotatable bonds is 8. The van der Waals surface area contributed by atoms with Gasteiger partial charge in [-0.15, -0.1) is 0 Å². The number of hydrogen-bond donors (Lipinski definition) is 2. The largest absolute Gasteiger partial charge is 0.472 e. The predicted octanol–water partition coefficient (Wildman–Crippen LogP) is 0.0456. The summed E-state index contributed by atoms with van der Waals surface area (Å²) in [4.78, 5) is 9.21. The van der Waals surface area contributed by atoms with Crippen LogP contribution in [-0.2, 0) is 13.6 Å². The second-order valence-electron chi connectivity index (χ2n) is 4.25. The van der Waals surface area contributed by atoms with Crippen molar-refractivity contribution in [3.63, 3.8) is 0 Å². The molecule has 0 spiro atoms. The Morgan fingerprint density at radius 2 is 1.80 bits per heavy atom. The van der Waals surface area contributed by atoms with Gasteiger partial charge in [-0.1, -0.05) is 0 Å². The van der Waals surface area contributed by atoms with E-state index < -0.39 is 7.82 Å². The van der Waals surface area contributed by atoms with Crippen LogP contribution in [0.5, 0.6) is 0 Å². The standard InChI is InChI=1S/C8H21N2O4P/c1-9-5-7-13-15(11,12)14-8-6-10(2,3)4/h9H,5-8H2,1-4H3/p+1. The summed E-state index contributed by atoms with van der Waals surface area (Å²) in [7, 11) is 3.82. The van der Waals surface area contributed by atoms with Crippen LogP contribution < -0.4 is 5.32 Å². The quantitative estimate of drug-likeness (QED) is 0.357. The summed E-state index contributed by atoms with van der Waals surface area (Å²) >= 11 is 0. The third kappa shape index (κ3) is 10.3. The second kappa shape index (κ2) is 6.58. The van der Waals surface area contributed by atoms with E-state index in [4.69, 9.17) is 9.05 Å². The molecule has 7 heteroatoms. The summed E-state index contributed by atoms with van der Waals surface area (Å²) in [5.74, 6) is 0. The lowest BCUT2D eigenvalue weighted by Crippen LogP contribution is -2.37. The first kappa shape index (κ1) is 15.0. The van der Waals surface area contributed by atoms with E-state index in [1.807, 2.05) is 21.1 Å². The van der Waals surface area contributed by atoms with Crippen molar-refractivity contribution in [1.29, 1.82) is 0 Å². The lowest BCUT2D eigenvalue weighted by atomic mass is 10.5. The van der Waals surface area contributed by atoms with Gasteiger partial charge in [-0.05, 0) is 7.05 Å². The molecule has 6 nitrogen and oxygen atoms in total. The maximum absolute atomic E-state index is 11.3. The number of quaternary nitrogens is 1. The van der Waals surface area contributed by atoms with Gasteiger partial charge in [0.1, 0.15) is 13.2 Å². The minimum absolute atomic E-state index is 0.161. The van der Waals surface area contributed by atoms with Crippen LogP contribution in [0.4, 0.5) is 0 Å². The highest BCUT2D eigenvalue weighted by Gasteiger charge is 2.21. The molecule has 2 N–H and O–H groups in total. The van der Waals surface area contributed by atoms with Crippen LogP contribution in [0.2, 0.25) is 0 Å². The molecule has 0 saturated heterocycles. The fourth-order valence-electron chi connectivity index (χ4n) is 0.730. The maximum atomic E-state index is 11.3. The Morgan fingerprint density at radius 1 is 1.27 bits per heavy atom. The third-order valence-corrected chi connectivity index (χ3v) is 2.64. The van der Waals surface area contributed by atoms with E-state index in [-0.39, 0.29) is 13.2 Å². The molecule has 0 fully saturated rings. The van der Waals surface area contributed by atoms with E-state index in [0.717, 1.165) is 0 Å². The Bertz CT molecular complexity index is 217. The summed E-state index contributed by atoms with van der Waals surface area (Å²) in [5, 5.41) is 2.80. The minimum atomic E-state index is -3.86. The van der Waals surface area contributed by atoms with E-state index in [2.05, 4.69) is 5.32 Å². The van der Waals surface area contributed by atoms with Gasteiger partial charge in [0.25, 0.3) is 0 Å². The summed E-state index contributed by atoms with van der Waals surface area (Å²) in [6.07, 6.45) is 0. The lowest BCUT2D eigenvalue weighted by Gasteiger charge is -2.23. The molecule has 0 heterocycles. The first-order valence-electron chi connectivity index (χ1n) is 4.84. The fourth-order valence-corrected chi connectivity index (χ4v) is 1.44. The Labute approximate surface area is 91.4 Å². The highest BCUT2D eigenvalue weighted by atomic mass is 31.2. The van der Waals surface area contributed by atoms with Gasteiger partial charge in [-0.3, -0.25) is 9.05 Å². The van der Waals surface area contributed by atoms with E-state index in [1.165, 1.54) is 0 Å². The summed E-state index contributed by atoms with van der Waals surface area (Å²) < 4.78 is 21.4. The molecule has 0 aliphatic carbocycles. The maximum Gasteiger partial charge on any atom is 0.472 e. The normalized spacial score (nSPS) is 16.3. The molecular weight excluding hydrogens is 219 g/mol. The lowest BCUT2D eigenvalue weighted by molar-refractivity contribution is -0.870. The van der Waals surface area contributed by atoms with Gasteiger partial charge < -0.3 is 14.7 Å². The zero-order chi connectivity index (χ0) is 11.9. The first-order valence-corrected chi connectivity index (χ1v) is 6.33. The number of phosphoric acid groups is 1. The minimum Gasteiger partial charge on any atom is -0.329 e. The van der Waals surface area contributed by atoms with Crippen molar-refractivity contribution < 1.29 is 23.0 Å². The second-order valence-corrected chi connectivity index (χ2v) is 5.71. The molecule has 0 saturated carbocycles. The van der Waals surface area contributed by atoms with Crippen LogP contribution in [0.25, 0.3) is 0 Å². The Morgan fingerprint density at radius 3 is 2.27 bits per heavy atom. The van der Waals surface area contributed by atoms with Gasteiger partial charge >= 0.3 is 7.82 Å². The van der Waals surface area contributed by atoms with Crippen LogP contribution in [-0.4, -0.2) is 63.9 Å². The topological polar surface area (TPSA) is 67.8 Å². The number of hydrogen-bond acceptors (Lipinski definition) is 4. The van der Waals surface area contributed by atoms with Crippen LogP contribution in [0.3, 0.4) is 0 Å². The van der Waals surface area contributed by atoms with Gasteiger partial charge in [0, 0.05) is 6.54 Å². The summed E-state index contributed by atoms with van der Waals surface area (Å²) in [6, 6.07) is 0. The Hall–Kier alpha value is 0.0300. The highest BCUT2D eigenvalue weighted by Crippen LogP contribution is 2.42. The van der Waals surface area contributed by atoms with Crippen molar-refractivity contribution >= 4 is 7.82 Å². The molecule has 0 aromatic heterocycles. The SMILES string of the molecule is CNCCOP(=O)(O)OCC[N+](C)(C)C. The molecule has 1 unspecified atom stereocenters. The average molecular weight is 241 g/mol.